The van der Waals surface area contributed by atoms with E-state index < -0.39 is 80.1 Å². The van der Waals surface area contributed by atoms with Crippen molar-refractivity contribution < 1.29 is 51.7 Å². The van der Waals surface area contributed by atoms with Crippen LogP contribution in [-0.2, 0) is 45.1 Å². The van der Waals surface area contributed by atoms with Gasteiger partial charge in [0, 0.05) is 19.5 Å². The Hall–Kier alpha value is -3.92. The van der Waals surface area contributed by atoms with Gasteiger partial charge < -0.3 is 35.3 Å². The standard InChI is InChI=1S/C39H64N4O11S/c1-36(2,3)52-28-18-16-26(17-19-28)23-30(32(45)46)42-34(48)39(20-12-13-21-39)24-27(33(47)53-37(4,5)6)25-41-31(44)29(43-55(10,50)51)15-11-14-22-40-35(49)54-38(7,8)9/h16-19,27,29-30,43H,11-15,20-25H2,1-10H3,(H,40,49)(H,41,44)(H,42,48)(H,45,46)/t27?,29-,30-/m0/s1. The predicted octanol–water partition coefficient (Wildman–Crippen LogP) is 4.61. The topological polar surface area (TPSA) is 216 Å². The molecule has 55 heavy (non-hydrogen) atoms. The van der Waals surface area contributed by atoms with Crippen LogP contribution in [0.2, 0.25) is 0 Å². The summed E-state index contributed by atoms with van der Waals surface area (Å²) >= 11 is 0. The zero-order valence-electron chi connectivity index (χ0n) is 34.3. The number of esters is 1. The van der Waals surface area contributed by atoms with Crippen molar-refractivity contribution in [1.29, 1.82) is 0 Å². The van der Waals surface area contributed by atoms with Crippen molar-refractivity contribution in [2.24, 2.45) is 11.3 Å². The summed E-state index contributed by atoms with van der Waals surface area (Å²) in [5.41, 5.74) is -2.40. The van der Waals surface area contributed by atoms with Crippen molar-refractivity contribution in [3.63, 3.8) is 0 Å². The fourth-order valence-corrected chi connectivity index (χ4v) is 7.03. The Morgan fingerprint density at radius 3 is 1.91 bits per heavy atom. The number of aliphatic carboxylic acids is 1. The molecule has 1 aromatic rings. The maximum Gasteiger partial charge on any atom is 0.407 e. The highest BCUT2D eigenvalue weighted by Crippen LogP contribution is 2.44. The van der Waals surface area contributed by atoms with Gasteiger partial charge in [0.15, 0.2) is 0 Å². The van der Waals surface area contributed by atoms with Crippen LogP contribution in [0, 0.1) is 11.3 Å². The lowest BCUT2D eigenvalue weighted by Crippen LogP contribution is -2.51. The number of sulfonamides is 1. The lowest BCUT2D eigenvalue weighted by molar-refractivity contribution is -0.161. The van der Waals surface area contributed by atoms with Crippen LogP contribution in [0.1, 0.15) is 119 Å². The molecule has 2 rings (SSSR count). The molecule has 3 amide bonds. The van der Waals surface area contributed by atoms with Crippen molar-refractivity contribution >= 4 is 39.9 Å². The van der Waals surface area contributed by atoms with Gasteiger partial charge in [0.25, 0.3) is 0 Å². The first-order valence-corrected chi connectivity index (χ1v) is 20.8. The lowest BCUT2D eigenvalue weighted by atomic mass is 9.76. The van der Waals surface area contributed by atoms with E-state index in [-0.39, 0.29) is 32.4 Å². The molecule has 0 aliphatic heterocycles. The minimum Gasteiger partial charge on any atom is -0.488 e. The van der Waals surface area contributed by atoms with E-state index in [0.29, 0.717) is 49.8 Å². The van der Waals surface area contributed by atoms with Crippen molar-refractivity contribution in [3.05, 3.63) is 29.8 Å². The van der Waals surface area contributed by atoms with Crippen LogP contribution >= 0.6 is 0 Å². The molecule has 0 spiro atoms. The third-order valence-corrected chi connectivity index (χ3v) is 9.31. The molecular formula is C39H64N4O11S. The molecule has 0 heterocycles. The Morgan fingerprint density at radius 2 is 1.40 bits per heavy atom. The summed E-state index contributed by atoms with van der Waals surface area (Å²) in [4.78, 5) is 65.5. The fourth-order valence-electron chi connectivity index (χ4n) is 6.29. The third-order valence-electron chi connectivity index (χ3n) is 8.59. The van der Waals surface area contributed by atoms with Gasteiger partial charge in [0.05, 0.1) is 17.6 Å². The first kappa shape index (κ1) is 47.2. The van der Waals surface area contributed by atoms with Gasteiger partial charge in [-0.25, -0.2) is 22.7 Å². The van der Waals surface area contributed by atoms with Crippen molar-refractivity contribution in [3.8, 4) is 5.75 Å². The van der Waals surface area contributed by atoms with Crippen LogP contribution < -0.4 is 25.4 Å². The Morgan fingerprint density at radius 1 is 0.818 bits per heavy atom. The molecule has 0 saturated heterocycles. The van der Waals surface area contributed by atoms with Crippen molar-refractivity contribution in [2.75, 3.05) is 19.3 Å². The third kappa shape index (κ3) is 18.5. The number of rotatable bonds is 19. The number of carboxylic acid groups (broad SMARTS) is 1. The summed E-state index contributed by atoms with van der Waals surface area (Å²) < 4.78 is 43.5. The van der Waals surface area contributed by atoms with E-state index in [1.165, 1.54) is 0 Å². The number of carboxylic acids is 1. The number of carbonyl (C=O) groups is 5. The molecule has 0 bridgehead atoms. The number of hydrogen-bond donors (Lipinski definition) is 5. The minimum absolute atomic E-state index is 0.0181. The van der Waals surface area contributed by atoms with Gasteiger partial charge in [-0.15, -0.1) is 0 Å². The smallest absolute Gasteiger partial charge is 0.407 e. The van der Waals surface area contributed by atoms with Gasteiger partial charge in [-0.1, -0.05) is 25.0 Å². The Kier molecular flexibility index (Phi) is 17.0. The van der Waals surface area contributed by atoms with Gasteiger partial charge in [0.1, 0.15) is 34.6 Å². The van der Waals surface area contributed by atoms with E-state index in [1.807, 2.05) is 20.8 Å². The maximum atomic E-state index is 14.1. The van der Waals surface area contributed by atoms with Gasteiger partial charge in [-0.05, 0) is 119 Å². The molecule has 3 atom stereocenters. The average molecular weight is 797 g/mol. The largest absolute Gasteiger partial charge is 0.488 e. The molecular weight excluding hydrogens is 733 g/mol. The molecule has 15 nitrogen and oxygen atoms in total. The number of ether oxygens (including phenoxy) is 3. The monoisotopic (exact) mass is 796 g/mol. The van der Waals surface area contributed by atoms with Gasteiger partial charge in [-0.3, -0.25) is 14.4 Å². The SMILES string of the molecule is CC(C)(C)OC(=O)NCCCC[C@H](NS(C)(=O)=O)C(=O)NCC(CC1(C(=O)N[C@@H](Cc2ccc(OC(C)(C)C)cc2)C(=O)O)CCCC1)C(=O)OC(C)(C)C. The van der Waals surface area contributed by atoms with Gasteiger partial charge in [-0.2, -0.15) is 0 Å². The van der Waals surface area contributed by atoms with Gasteiger partial charge >= 0.3 is 18.0 Å². The molecule has 5 N–H and O–H groups in total. The minimum atomic E-state index is -3.81. The first-order valence-electron chi connectivity index (χ1n) is 18.9. The first-order chi connectivity index (χ1) is 25.2. The Balaban J connectivity index is 2.21. The van der Waals surface area contributed by atoms with Crippen LogP contribution in [0.15, 0.2) is 24.3 Å². The van der Waals surface area contributed by atoms with E-state index >= 15 is 0 Å². The van der Waals surface area contributed by atoms with Crippen molar-refractivity contribution in [1.82, 2.24) is 20.7 Å². The molecule has 0 aromatic heterocycles. The second kappa shape index (κ2) is 19.8. The van der Waals surface area contributed by atoms with E-state index in [2.05, 4.69) is 20.7 Å². The number of amides is 3. The molecule has 16 heteroatoms. The number of nitrogens with one attached hydrogen (secondary N) is 4. The van der Waals surface area contributed by atoms with E-state index in [1.54, 1.807) is 65.8 Å². The molecule has 1 unspecified atom stereocenters. The molecule has 0 radical (unpaired) electrons. The number of hydrogen-bond acceptors (Lipinski definition) is 10. The van der Waals surface area contributed by atoms with E-state index in [0.717, 1.165) is 6.26 Å². The summed E-state index contributed by atoms with van der Waals surface area (Å²) in [5.74, 6) is -3.42. The molecule has 1 fully saturated rings. The van der Waals surface area contributed by atoms with E-state index in [9.17, 15) is 37.5 Å². The molecule has 312 valence electrons. The molecule has 1 saturated carbocycles. The van der Waals surface area contributed by atoms with Crippen LogP contribution in [-0.4, -0.2) is 91.6 Å². The van der Waals surface area contributed by atoms with Gasteiger partial charge in [0.2, 0.25) is 21.8 Å². The number of unbranched alkanes of at least 4 members (excludes halogenated alkanes) is 1. The fraction of sp³-hybridized carbons (Fsp3) is 0.718. The summed E-state index contributed by atoms with van der Waals surface area (Å²) in [6.45, 7) is 16.1. The zero-order chi connectivity index (χ0) is 41.8. The number of alkyl carbamates (subject to hydrolysis) is 1. The van der Waals surface area contributed by atoms with Crippen LogP contribution in [0.3, 0.4) is 0 Å². The van der Waals surface area contributed by atoms with Crippen LogP contribution in [0.4, 0.5) is 4.79 Å². The highest BCUT2D eigenvalue weighted by Gasteiger charge is 2.46. The summed E-state index contributed by atoms with van der Waals surface area (Å²) in [6, 6.07) is 4.58. The van der Waals surface area contributed by atoms with Crippen molar-refractivity contribution in [2.45, 2.75) is 149 Å². The predicted molar refractivity (Wildman–Crippen MR) is 208 cm³/mol. The van der Waals surface area contributed by atoms with E-state index in [4.69, 9.17) is 14.2 Å². The van der Waals surface area contributed by atoms with Crippen LogP contribution in [0.25, 0.3) is 0 Å². The number of carbonyl (C=O) groups excluding carboxylic acids is 4. The molecule has 1 aliphatic rings. The second-order valence-corrected chi connectivity index (χ2v) is 19.2. The number of benzene rings is 1. The second-order valence-electron chi connectivity index (χ2n) is 17.5. The maximum absolute atomic E-state index is 14.1. The Labute approximate surface area is 326 Å². The highest BCUT2D eigenvalue weighted by atomic mass is 32.2. The average Bonchev–Trinajstić information content (AvgIpc) is 3.49. The van der Waals surface area contributed by atoms with Crippen LogP contribution in [0.5, 0.6) is 5.75 Å². The molecule has 1 aliphatic carbocycles. The zero-order valence-corrected chi connectivity index (χ0v) is 35.1. The summed E-state index contributed by atoms with van der Waals surface area (Å²) in [5, 5.41) is 18.2. The quantitative estimate of drug-likeness (QED) is 0.0963. The summed E-state index contributed by atoms with van der Waals surface area (Å²) in [7, 11) is -3.81. The lowest BCUT2D eigenvalue weighted by Gasteiger charge is -2.33. The highest BCUT2D eigenvalue weighted by molar-refractivity contribution is 7.88. The molecule has 1 aromatic carbocycles. The normalized spacial score (nSPS) is 16.3. The Bertz CT molecular complexity index is 1570. The summed E-state index contributed by atoms with van der Waals surface area (Å²) in [6.07, 6.45) is 3.38.